The predicted octanol–water partition coefficient (Wildman–Crippen LogP) is 3.53. The van der Waals surface area contributed by atoms with E-state index in [2.05, 4.69) is 16.1 Å². The van der Waals surface area contributed by atoms with E-state index in [9.17, 15) is 28.0 Å². The molecule has 0 spiro atoms. The maximum absolute atomic E-state index is 12.9. The van der Waals surface area contributed by atoms with E-state index in [1.807, 2.05) is 0 Å². The summed E-state index contributed by atoms with van der Waals surface area (Å²) in [7, 11) is 3.25. The van der Waals surface area contributed by atoms with Crippen molar-refractivity contribution in [3.8, 4) is 11.8 Å². The van der Waals surface area contributed by atoms with Crippen LogP contribution < -0.4 is 10.1 Å². The number of hydrogen-bond donors (Lipinski definition) is 1. The molecule has 0 heterocycles. The van der Waals surface area contributed by atoms with Crippen molar-refractivity contribution < 1.29 is 27.5 Å². The molecule has 31 heavy (non-hydrogen) atoms. The second-order valence-corrected chi connectivity index (χ2v) is 7.81. The van der Waals surface area contributed by atoms with Crippen molar-refractivity contribution in [2.24, 2.45) is 0 Å². The minimum Gasteiger partial charge on any atom is -0.406 e. The van der Waals surface area contributed by atoms with E-state index in [-0.39, 0.29) is 18.2 Å². The topological polar surface area (TPSA) is 85.7 Å². The molecule has 2 rings (SSSR count). The summed E-state index contributed by atoms with van der Waals surface area (Å²) in [6.07, 6.45) is -0.682. The number of nitrogens with one attached hydrogen (secondary N) is 1. The van der Waals surface area contributed by atoms with E-state index in [0.29, 0.717) is 18.5 Å². The van der Waals surface area contributed by atoms with Gasteiger partial charge in [0.05, 0.1) is 18.7 Å². The molecule has 0 unspecified atom stereocenters. The number of likely N-dealkylation sites (N-methyl/N-ethyl adjacent to an activating group) is 2. The van der Waals surface area contributed by atoms with Crippen LogP contribution in [0.25, 0.3) is 0 Å². The molecule has 10 heteroatoms. The van der Waals surface area contributed by atoms with Gasteiger partial charge in [-0.05, 0) is 51.1 Å². The fraction of sp³-hybridized carbons (Fsp3) is 0.571. The van der Waals surface area contributed by atoms with Gasteiger partial charge in [0, 0.05) is 12.7 Å². The van der Waals surface area contributed by atoms with Gasteiger partial charge in [-0.3, -0.25) is 14.5 Å². The summed E-state index contributed by atoms with van der Waals surface area (Å²) >= 11 is 0. The summed E-state index contributed by atoms with van der Waals surface area (Å²) in [5, 5.41) is 12.3. The van der Waals surface area contributed by atoms with Gasteiger partial charge in [0.1, 0.15) is 11.3 Å². The number of hydrogen-bond acceptors (Lipinski definition) is 5. The molecule has 1 aliphatic rings. The summed E-state index contributed by atoms with van der Waals surface area (Å²) in [6, 6.07) is 6.46. The fourth-order valence-corrected chi connectivity index (χ4v) is 3.64. The Morgan fingerprint density at radius 2 is 1.77 bits per heavy atom. The Morgan fingerprint density at radius 3 is 2.29 bits per heavy atom. The fourth-order valence-electron chi connectivity index (χ4n) is 3.64. The highest BCUT2D eigenvalue weighted by Gasteiger charge is 2.40. The number of halogens is 3. The lowest BCUT2D eigenvalue weighted by Crippen LogP contribution is -2.55. The van der Waals surface area contributed by atoms with Crippen LogP contribution in [0.3, 0.4) is 0 Å². The van der Waals surface area contributed by atoms with Gasteiger partial charge in [-0.2, -0.15) is 5.26 Å². The van der Waals surface area contributed by atoms with E-state index in [1.165, 1.54) is 17.0 Å². The first-order valence-electron chi connectivity index (χ1n) is 10.0. The Balaban J connectivity index is 1.92. The van der Waals surface area contributed by atoms with Gasteiger partial charge in [-0.15, -0.1) is 13.2 Å². The molecule has 0 aliphatic heterocycles. The molecule has 7 nitrogen and oxygen atoms in total. The monoisotopic (exact) mass is 440 g/mol. The predicted molar refractivity (Wildman–Crippen MR) is 108 cm³/mol. The molecule has 1 aliphatic carbocycles. The average molecular weight is 440 g/mol. The average Bonchev–Trinajstić information content (AvgIpc) is 2.72. The molecule has 0 bridgehead atoms. The Labute approximate surface area is 179 Å². The third-order valence-electron chi connectivity index (χ3n) is 5.64. The molecule has 1 atom stereocenters. The lowest BCUT2D eigenvalue weighted by atomic mass is 9.81. The standard InChI is InChI=1S/C21H27F3N4O3/c1-15(19(30)28(3)20(14-25)11-5-4-6-12-20)27(2)13-18(29)26-16-7-9-17(10-8-16)31-21(22,23)24/h7-10,15H,4-6,11-13H2,1-3H3,(H,26,29)/t15-/m1/s1. The van der Waals surface area contributed by atoms with Crippen molar-refractivity contribution in [2.75, 3.05) is 26.0 Å². The SMILES string of the molecule is C[C@H](C(=O)N(C)C1(C#N)CCCCC1)N(C)CC(=O)Nc1ccc(OC(F)(F)F)cc1. The largest absolute Gasteiger partial charge is 0.573 e. The van der Waals surface area contributed by atoms with Gasteiger partial charge in [-0.1, -0.05) is 19.3 Å². The second kappa shape index (κ2) is 10.0. The molecule has 2 amide bonds. The zero-order chi connectivity index (χ0) is 23.2. The van der Waals surface area contributed by atoms with E-state index in [4.69, 9.17) is 0 Å². The molecular formula is C21H27F3N4O3. The highest BCUT2D eigenvalue weighted by molar-refractivity contribution is 5.93. The zero-order valence-electron chi connectivity index (χ0n) is 17.8. The third kappa shape index (κ3) is 6.59. The highest BCUT2D eigenvalue weighted by atomic mass is 19.4. The van der Waals surface area contributed by atoms with Crippen molar-refractivity contribution in [1.82, 2.24) is 9.80 Å². The molecule has 1 fully saturated rings. The molecule has 1 aromatic rings. The van der Waals surface area contributed by atoms with E-state index in [1.54, 1.807) is 25.9 Å². The van der Waals surface area contributed by atoms with Crippen molar-refractivity contribution in [1.29, 1.82) is 5.26 Å². The van der Waals surface area contributed by atoms with Gasteiger partial charge in [0.25, 0.3) is 0 Å². The van der Waals surface area contributed by atoms with Crippen LogP contribution in [0.1, 0.15) is 39.0 Å². The Morgan fingerprint density at radius 1 is 1.19 bits per heavy atom. The molecule has 0 aromatic heterocycles. The minimum absolute atomic E-state index is 0.110. The van der Waals surface area contributed by atoms with Gasteiger partial charge >= 0.3 is 6.36 Å². The number of carbonyl (C=O) groups is 2. The number of ether oxygens (including phenoxy) is 1. The third-order valence-corrected chi connectivity index (χ3v) is 5.64. The summed E-state index contributed by atoms with van der Waals surface area (Å²) in [4.78, 5) is 28.3. The molecule has 170 valence electrons. The Kier molecular flexibility index (Phi) is 7.90. The second-order valence-electron chi connectivity index (χ2n) is 7.81. The number of amides is 2. The lowest BCUT2D eigenvalue weighted by molar-refractivity contribution is -0.274. The number of nitrogens with zero attached hydrogens (tertiary/aromatic N) is 3. The summed E-state index contributed by atoms with van der Waals surface area (Å²) < 4.78 is 40.4. The van der Waals surface area contributed by atoms with E-state index >= 15 is 0 Å². The van der Waals surface area contributed by atoms with Gasteiger partial charge in [0.15, 0.2) is 0 Å². The molecule has 1 saturated carbocycles. The van der Waals surface area contributed by atoms with Crippen LogP contribution in [0.4, 0.5) is 18.9 Å². The quantitative estimate of drug-likeness (QED) is 0.701. The maximum Gasteiger partial charge on any atom is 0.573 e. The van der Waals surface area contributed by atoms with Crippen LogP contribution in [-0.4, -0.2) is 60.2 Å². The number of carbonyl (C=O) groups excluding carboxylic acids is 2. The van der Waals surface area contributed by atoms with Gasteiger partial charge in [0.2, 0.25) is 11.8 Å². The van der Waals surface area contributed by atoms with E-state index < -0.39 is 23.9 Å². The molecule has 1 N–H and O–H groups in total. The van der Waals surface area contributed by atoms with Crippen LogP contribution >= 0.6 is 0 Å². The molecular weight excluding hydrogens is 413 g/mol. The van der Waals surface area contributed by atoms with Crippen LogP contribution in [0.15, 0.2) is 24.3 Å². The van der Waals surface area contributed by atoms with Crippen LogP contribution in [0, 0.1) is 11.3 Å². The summed E-state index contributed by atoms with van der Waals surface area (Å²) in [5.41, 5.74) is -0.512. The van der Waals surface area contributed by atoms with Crippen molar-refractivity contribution in [3.05, 3.63) is 24.3 Å². The first-order valence-corrected chi connectivity index (χ1v) is 10.0. The van der Waals surface area contributed by atoms with Crippen LogP contribution in [-0.2, 0) is 9.59 Å². The number of rotatable bonds is 7. The summed E-state index contributed by atoms with van der Waals surface area (Å²) in [5.74, 6) is -1.06. The van der Waals surface area contributed by atoms with Crippen LogP contribution in [0.2, 0.25) is 0 Å². The first-order chi connectivity index (χ1) is 14.5. The molecule has 0 saturated heterocycles. The van der Waals surface area contributed by atoms with Crippen molar-refractivity contribution in [2.45, 2.75) is 57.0 Å². The maximum atomic E-state index is 12.9. The van der Waals surface area contributed by atoms with Crippen molar-refractivity contribution in [3.63, 3.8) is 0 Å². The lowest BCUT2D eigenvalue weighted by Gasteiger charge is -2.41. The minimum atomic E-state index is -4.79. The van der Waals surface area contributed by atoms with Crippen LogP contribution in [0.5, 0.6) is 5.75 Å². The number of alkyl halides is 3. The molecule has 0 radical (unpaired) electrons. The van der Waals surface area contributed by atoms with Gasteiger partial charge < -0.3 is 15.0 Å². The Hall–Kier alpha value is -2.80. The normalized spacial score (nSPS) is 16.8. The zero-order valence-corrected chi connectivity index (χ0v) is 17.8. The smallest absolute Gasteiger partial charge is 0.406 e. The van der Waals surface area contributed by atoms with Crippen molar-refractivity contribution >= 4 is 17.5 Å². The molecule has 1 aromatic carbocycles. The number of benzene rings is 1. The summed E-state index contributed by atoms with van der Waals surface area (Å²) in [6.45, 7) is 1.56. The number of nitriles is 1. The highest BCUT2D eigenvalue weighted by Crippen LogP contribution is 2.33. The van der Waals surface area contributed by atoms with E-state index in [0.717, 1.165) is 31.4 Å². The Bertz CT molecular complexity index is 815. The number of anilines is 1. The first kappa shape index (κ1) is 24.5. The van der Waals surface area contributed by atoms with Gasteiger partial charge in [-0.25, -0.2) is 0 Å².